The number of amides is 1. The van der Waals surface area contributed by atoms with Gasteiger partial charge in [-0.2, -0.15) is 0 Å². The Labute approximate surface area is 117 Å². The van der Waals surface area contributed by atoms with Gasteiger partial charge in [0.05, 0.1) is 28.7 Å². The summed E-state index contributed by atoms with van der Waals surface area (Å²) in [6.45, 7) is 1.79. The third kappa shape index (κ3) is 5.06. The number of carbonyl (C=O) groups is 1. The summed E-state index contributed by atoms with van der Waals surface area (Å²) in [5, 5.41) is 2.86. The average Bonchev–Trinajstić information content (AvgIpc) is 2.30. The fourth-order valence-electron chi connectivity index (χ4n) is 1.31. The molecule has 1 aromatic rings. The molecule has 0 aliphatic carbocycles. The molecule has 0 radical (unpaired) electrons. The number of carbonyl (C=O) groups excluding carboxylic acids is 1. The van der Waals surface area contributed by atoms with Crippen LogP contribution in [0.1, 0.15) is 13.3 Å². The highest BCUT2D eigenvalue weighted by molar-refractivity contribution is 7.92. The summed E-state index contributed by atoms with van der Waals surface area (Å²) >= 11 is 5.93. The minimum atomic E-state index is -3.39. The minimum absolute atomic E-state index is 0.302. The first kappa shape index (κ1) is 15.7. The SMILES string of the molecule is CCC(N)C(=O)Nc1cc(NS(C)(=O)=O)ccc1Cl. The highest BCUT2D eigenvalue weighted by Crippen LogP contribution is 2.26. The number of nitrogens with one attached hydrogen (secondary N) is 2. The zero-order valence-electron chi connectivity index (χ0n) is 10.6. The molecule has 0 bridgehead atoms. The predicted octanol–water partition coefficient (Wildman–Crippen LogP) is 1.39. The third-order valence-corrected chi connectivity index (χ3v) is 3.24. The summed E-state index contributed by atoms with van der Waals surface area (Å²) in [4.78, 5) is 11.7. The molecule has 19 heavy (non-hydrogen) atoms. The molecule has 0 spiro atoms. The summed E-state index contributed by atoms with van der Waals surface area (Å²) in [6.07, 6.45) is 1.53. The van der Waals surface area contributed by atoms with Crippen molar-refractivity contribution in [3.05, 3.63) is 23.2 Å². The van der Waals surface area contributed by atoms with Crippen molar-refractivity contribution in [1.82, 2.24) is 0 Å². The summed E-state index contributed by atoms with van der Waals surface area (Å²) in [7, 11) is -3.39. The van der Waals surface area contributed by atoms with Crippen molar-refractivity contribution in [3.8, 4) is 0 Å². The fourth-order valence-corrected chi connectivity index (χ4v) is 2.03. The van der Waals surface area contributed by atoms with Crippen LogP contribution in [0.3, 0.4) is 0 Å². The van der Waals surface area contributed by atoms with Crippen LogP contribution in [0.5, 0.6) is 0 Å². The Morgan fingerprint density at radius 2 is 2.11 bits per heavy atom. The van der Waals surface area contributed by atoms with E-state index in [1.807, 2.05) is 0 Å². The molecule has 0 fully saturated rings. The van der Waals surface area contributed by atoms with Crippen LogP contribution in [0.4, 0.5) is 11.4 Å². The maximum atomic E-state index is 11.7. The van der Waals surface area contributed by atoms with Gasteiger partial charge in [-0.25, -0.2) is 8.42 Å². The maximum Gasteiger partial charge on any atom is 0.241 e. The Bertz CT molecular complexity index is 575. The van der Waals surface area contributed by atoms with Gasteiger partial charge in [0.25, 0.3) is 0 Å². The van der Waals surface area contributed by atoms with Crippen molar-refractivity contribution in [2.45, 2.75) is 19.4 Å². The third-order valence-electron chi connectivity index (χ3n) is 2.30. The number of nitrogens with two attached hydrogens (primary N) is 1. The Morgan fingerprint density at radius 3 is 2.63 bits per heavy atom. The molecule has 1 unspecified atom stereocenters. The molecular formula is C11H16ClN3O3S. The molecule has 8 heteroatoms. The molecule has 0 heterocycles. The van der Waals surface area contributed by atoms with Gasteiger partial charge in [-0.15, -0.1) is 0 Å². The Morgan fingerprint density at radius 1 is 1.47 bits per heavy atom. The second-order valence-electron chi connectivity index (χ2n) is 4.07. The van der Waals surface area contributed by atoms with Crippen LogP contribution >= 0.6 is 11.6 Å². The van der Waals surface area contributed by atoms with Crippen LogP contribution in [-0.2, 0) is 14.8 Å². The van der Waals surface area contributed by atoms with Crippen LogP contribution in [0, 0.1) is 0 Å². The van der Waals surface area contributed by atoms with E-state index in [0.717, 1.165) is 6.26 Å². The molecule has 4 N–H and O–H groups in total. The molecule has 0 aliphatic heterocycles. The topological polar surface area (TPSA) is 101 Å². The van der Waals surface area contributed by atoms with Crippen LogP contribution < -0.4 is 15.8 Å². The molecule has 1 atom stereocenters. The van der Waals surface area contributed by atoms with Gasteiger partial charge in [0.2, 0.25) is 15.9 Å². The lowest BCUT2D eigenvalue weighted by atomic mass is 10.2. The van der Waals surface area contributed by atoms with Crippen molar-refractivity contribution in [1.29, 1.82) is 0 Å². The number of sulfonamides is 1. The van der Waals surface area contributed by atoms with E-state index in [1.54, 1.807) is 6.92 Å². The summed E-state index contributed by atoms with van der Waals surface area (Å²) in [5.41, 5.74) is 6.21. The maximum absolute atomic E-state index is 11.7. The first-order chi connectivity index (χ1) is 8.73. The normalized spacial score (nSPS) is 12.8. The molecule has 0 saturated heterocycles. The first-order valence-corrected chi connectivity index (χ1v) is 7.83. The Kier molecular flexibility index (Phi) is 5.16. The molecule has 0 saturated carbocycles. The lowest BCUT2D eigenvalue weighted by molar-refractivity contribution is -0.117. The summed E-state index contributed by atoms with van der Waals surface area (Å²) < 4.78 is 24.5. The zero-order valence-corrected chi connectivity index (χ0v) is 12.2. The molecule has 1 aromatic carbocycles. The van der Waals surface area contributed by atoms with Gasteiger partial charge < -0.3 is 11.1 Å². The van der Waals surface area contributed by atoms with E-state index in [2.05, 4.69) is 10.0 Å². The molecule has 106 valence electrons. The molecule has 0 aromatic heterocycles. The number of hydrogen-bond donors (Lipinski definition) is 3. The van der Waals surface area contributed by atoms with E-state index in [1.165, 1.54) is 18.2 Å². The molecule has 1 amide bonds. The highest BCUT2D eigenvalue weighted by Gasteiger charge is 2.13. The van der Waals surface area contributed by atoms with Gasteiger partial charge in [0.15, 0.2) is 0 Å². The van der Waals surface area contributed by atoms with Gasteiger partial charge in [0, 0.05) is 0 Å². The van der Waals surface area contributed by atoms with Crippen molar-refractivity contribution in [3.63, 3.8) is 0 Å². The Balaban J connectivity index is 2.95. The van der Waals surface area contributed by atoms with Crippen molar-refractivity contribution in [2.24, 2.45) is 5.73 Å². The van der Waals surface area contributed by atoms with E-state index >= 15 is 0 Å². The van der Waals surface area contributed by atoms with Crippen LogP contribution in [-0.4, -0.2) is 26.6 Å². The molecule has 6 nitrogen and oxygen atoms in total. The Hall–Kier alpha value is -1.31. The average molecular weight is 306 g/mol. The van der Waals surface area contributed by atoms with Crippen molar-refractivity contribution < 1.29 is 13.2 Å². The number of halogens is 1. The van der Waals surface area contributed by atoms with E-state index in [4.69, 9.17) is 17.3 Å². The quantitative estimate of drug-likeness (QED) is 0.765. The summed E-state index contributed by atoms with van der Waals surface area (Å²) in [5.74, 6) is -0.374. The van der Waals surface area contributed by atoms with Gasteiger partial charge in [-0.3, -0.25) is 9.52 Å². The monoisotopic (exact) mass is 305 g/mol. The van der Waals surface area contributed by atoms with Crippen molar-refractivity contribution >= 4 is 38.9 Å². The van der Waals surface area contributed by atoms with Crippen LogP contribution in [0.2, 0.25) is 5.02 Å². The number of hydrogen-bond acceptors (Lipinski definition) is 4. The predicted molar refractivity (Wildman–Crippen MR) is 76.8 cm³/mol. The zero-order chi connectivity index (χ0) is 14.6. The van der Waals surface area contributed by atoms with Gasteiger partial charge >= 0.3 is 0 Å². The highest BCUT2D eigenvalue weighted by atomic mass is 35.5. The van der Waals surface area contributed by atoms with Gasteiger partial charge in [-0.1, -0.05) is 18.5 Å². The lowest BCUT2D eigenvalue weighted by Crippen LogP contribution is -2.34. The molecular weight excluding hydrogens is 290 g/mol. The largest absolute Gasteiger partial charge is 0.323 e. The smallest absolute Gasteiger partial charge is 0.241 e. The number of rotatable bonds is 5. The fraction of sp³-hybridized carbons (Fsp3) is 0.364. The number of benzene rings is 1. The van der Waals surface area contributed by atoms with E-state index in [0.29, 0.717) is 22.8 Å². The van der Waals surface area contributed by atoms with Gasteiger partial charge in [0.1, 0.15) is 0 Å². The van der Waals surface area contributed by atoms with Crippen LogP contribution in [0.15, 0.2) is 18.2 Å². The second-order valence-corrected chi connectivity index (χ2v) is 6.23. The first-order valence-electron chi connectivity index (χ1n) is 5.56. The van der Waals surface area contributed by atoms with E-state index in [-0.39, 0.29) is 5.91 Å². The molecule has 0 aliphatic rings. The standard InChI is InChI=1S/C11H16ClN3O3S/c1-3-9(13)11(16)14-10-6-7(4-5-8(10)12)15-19(2,17)18/h4-6,9,15H,3,13H2,1-2H3,(H,14,16). The van der Waals surface area contributed by atoms with E-state index in [9.17, 15) is 13.2 Å². The van der Waals surface area contributed by atoms with Crippen LogP contribution in [0.25, 0.3) is 0 Å². The lowest BCUT2D eigenvalue weighted by Gasteiger charge is -2.13. The molecule has 1 rings (SSSR count). The van der Waals surface area contributed by atoms with Gasteiger partial charge in [-0.05, 0) is 24.6 Å². The second kappa shape index (κ2) is 6.23. The summed E-state index contributed by atoms with van der Waals surface area (Å²) in [6, 6.07) is 3.78. The minimum Gasteiger partial charge on any atom is -0.323 e. The number of anilines is 2. The van der Waals surface area contributed by atoms with Crippen molar-refractivity contribution in [2.75, 3.05) is 16.3 Å². The van der Waals surface area contributed by atoms with E-state index < -0.39 is 16.1 Å².